The van der Waals surface area contributed by atoms with Crippen LogP contribution in [0.4, 0.5) is 5.69 Å². The van der Waals surface area contributed by atoms with Crippen LogP contribution in [-0.2, 0) is 16.0 Å². The number of carbonyl (C=O) groups excluding carboxylic acids is 2. The molecule has 104 valence electrons. The summed E-state index contributed by atoms with van der Waals surface area (Å²) in [5.41, 5.74) is 7.18. The minimum Gasteiger partial charge on any atom is -0.399 e. The van der Waals surface area contributed by atoms with E-state index in [-0.39, 0.29) is 24.8 Å². The third-order valence-corrected chi connectivity index (χ3v) is 2.87. The first-order chi connectivity index (χ1) is 8.93. The quantitative estimate of drug-likeness (QED) is 0.797. The molecule has 5 heteroatoms. The highest BCUT2D eigenvalue weighted by Gasteiger charge is 2.16. The van der Waals surface area contributed by atoms with Crippen LogP contribution in [-0.4, -0.2) is 48.8 Å². The van der Waals surface area contributed by atoms with Crippen molar-refractivity contribution in [2.24, 2.45) is 0 Å². The largest absolute Gasteiger partial charge is 0.399 e. The van der Waals surface area contributed by atoms with Gasteiger partial charge in [-0.05, 0) is 24.6 Å². The third-order valence-electron chi connectivity index (χ3n) is 2.87. The Bertz CT molecular complexity index is 458. The highest BCUT2D eigenvalue weighted by Crippen LogP contribution is 2.08. The van der Waals surface area contributed by atoms with Crippen molar-refractivity contribution in [2.45, 2.75) is 13.3 Å². The van der Waals surface area contributed by atoms with Crippen molar-refractivity contribution in [1.82, 2.24) is 9.80 Å². The second-order valence-electron chi connectivity index (χ2n) is 4.62. The van der Waals surface area contributed by atoms with Gasteiger partial charge >= 0.3 is 0 Å². The van der Waals surface area contributed by atoms with Crippen molar-refractivity contribution in [1.29, 1.82) is 0 Å². The molecule has 5 nitrogen and oxygen atoms in total. The molecule has 0 saturated carbocycles. The summed E-state index contributed by atoms with van der Waals surface area (Å²) in [4.78, 5) is 26.8. The van der Waals surface area contributed by atoms with E-state index < -0.39 is 0 Å². The van der Waals surface area contributed by atoms with Crippen LogP contribution in [0.3, 0.4) is 0 Å². The van der Waals surface area contributed by atoms with Gasteiger partial charge < -0.3 is 15.5 Å². The summed E-state index contributed by atoms with van der Waals surface area (Å²) in [7, 11) is 3.36. The first kappa shape index (κ1) is 15.0. The van der Waals surface area contributed by atoms with Gasteiger partial charge in [-0.15, -0.1) is 0 Å². The number of nitrogens with two attached hydrogens (primary N) is 1. The normalized spacial score (nSPS) is 10.1. The van der Waals surface area contributed by atoms with Crippen molar-refractivity contribution >= 4 is 17.5 Å². The van der Waals surface area contributed by atoms with Gasteiger partial charge in [0, 0.05) is 26.3 Å². The fourth-order valence-electron chi connectivity index (χ4n) is 1.67. The Morgan fingerprint density at radius 2 is 1.89 bits per heavy atom. The van der Waals surface area contributed by atoms with Gasteiger partial charge in [-0.1, -0.05) is 12.1 Å². The van der Waals surface area contributed by atoms with Crippen LogP contribution in [0.25, 0.3) is 0 Å². The second kappa shape index (κ2) is 6.78. The monoisotopic (exact) mass is 263 g/mol. The molecule has 0 spiro atoms. The molecular formula is C14H21N3O2. The molecule has 0 aliphatic heterocycles. The molecule has 0 heterocycles. The lowest BCUT2D eigenvalue weighted by Crippen LogP contribution is -2.40. The predicted molar refractivity (Wildman–Crippen MR) is 75.5 cm³/mol. The number of hydrogen-bond acceptors (Lipinski definition) is 3. The van der Waals surface area contributed by atoms with Crippen LogP contribution in [0.2, 0.25) is 0 Å². The lowest BCUT2D eigenvalue weighted by Gasteiger charge is -2.22. The summed E-state index contributed by atoms with van der Waals surface area (Å²) >= 11 is 0. The first-order valence-electron chi connectivity index (χ1n) is 6.26. The van der Waals surface area contributed by atoms with Gasteiger partial charge in [0.25, 0.3) is 0 Å². The molecule has 0 bridgehead atoms. The number of carbonyl (C=O) groups is 2. The van der Waals surface area contributed by atoms with Crippen molar-refractivity contribution < 1.29 is 9.59 Å². The summed E-state index contributed by atoms with van der Waals surface area (Å²) in [6.07, 6.45) is 0.263. The fraction of sp³-hybridized carbons (Fsp3) is 0.429. The highest BCUT2D eigenvalue weighted by atomic mass is 16.2. The summed E-state index contributed by atoms with van der Waals surface area (Å²) in [6, 6.07) is 7.23. The Hall–Kier alpha value is -2.04. The van der Waals surface area contributed by atoms with Crippen LogP contribution in [0.15, 0.2) is 24.3 Å². The minimum atomic E-state index is -0.0808. The number of anilines is 1. The van der Waals surface area contributed by atoms with Gasteiger partial charge in [-0.3, -0.25) is 9.59 Å². The van der Waals surface area contributed by atoms with Gasteiger partial charge in [-0.25, -0.2) is 0 Å². The predicted octanol–water partition coefficient (Wildman–Crippen LogP) is 0.748. The Balaban J connectivity index is 2.66. The molecule has 19 heavy (non-hydrogen) atoms. The van der Waals surface area contributed by atoms with Crippen LogP contribution >= 0.6 is 0 Å². The van der Waals surface area contributed by atoms with E-state index >= 15 is 0 Å². The summed E-state index contributed by atoms with van der Waals surface area (Å²) < 4.78 is 0. The average Bonchev–Trinajstić information content (AvgIpc) is 2.35. The van der Waals surface area contributed by atoms with E-state index in [1.165, 1.54) is 4.90 Å². The van der Waals surface area contributed by atoms with Gasteiger partial charge in [0.05, 0.1) is 13.0 Å². The van der Waals surface area contributed by atoms with E-state index in [0.29, 0.717) is 12.2 Å². The van der Waals surface area contributed by atoms with Crippen molar-refractivity contribution in [3.63, 3.8) is 0 Å². The smallest absolute Gasteiger partial charge is 0.241 e. The number of nitrogens with zero attached hydrogens (tertiary/aromatic N) is 2. The lowest BCUT2D eigenvalue weighted by atomic mass is 10.1. The van der Waals surface area contributed by atoms with Crippen LogP contribution in [0, 0.1) is 0 Å². The highest BCUT2D eigenvalue weighted by molar-refractivity contribution is 5.85. The molecule has 0 unspecified atom stereocenters. The molecule has 0 saturated heterocycles. The van der Waals surface area contributed by atoms with Crippen LogP contribution < -0.4 is 5.73 Å². The maximum Gasteiger partial charge on any atom is 0.241 e. The van der Waals surface area contributed by atoms with E-state index in [2.05, 4.69) is 0 Å². The number of rotatable bonds is 5. The molecule has 0 aromatic heterocycles. The Labute approximate surface area is 114 Å². The first-order valence-corrected chi connectivity index (χ1v) is 6.26. The Morgan fingerprint density at radius 1 is 1.21 bits per heavy atom. The molecule has 0 fully saturated rings. The zero-order valence-electron chi connectivity index (χ0n) is 11.7. The van der Waals surface area contributed by atoms with Gasteiger partial charge in [0.1, 0.15) is 0 Å². The number of benzene rings is 1. The number of amides is 2. The maximum absolute atomic E-state index is 12.1. The summed E-state index contributed by atoms with van der Waals surface area (Å²) in [5, 5.41) is 0. The summed E-state index contributed by atoms with van der Waals surface area (Å²) in [5.74, 6) is -0.147. The van der Waals surface area contributed by atoms with Crippen molar-refractivity contribution in [2.75, 3.05) is 32.9 Å². The average molecular weight is 263 g/mol. The Kier molecular flexibility index (Phi) is 5.36. The molecule has 1 rings (SSSR count). The van der Waals surface area contributed by atoms with E-state index in [1.807, 2.05) is 19.1 Å². The molecule has 0 radical (unpaired) electrons. The second-order valence-corrected chi connectivity index (χ2v) is 4.62. The molecule has 0 atom stereocenters. The Morgan fingerprint density at radius 3 is 2.42 bits per heavy atom. The van der Waals surface area contributed by atoms with Gasteiger partial charge in [0.2, 0.25) is 11.8 Å². The molecule has 1 aromatic rings. The fourth-order valence-corrected chi connectivity index (χ4v) is 1.67. The number of likely N-dealkylation sites (N-methyl/N-ethyl adjacent to an activating group) is 2. The van der Waals surface area contributed by atoms with Gasteiger partial charge in [-0.2, -0.15) is 0 Å². The van der Waals surface area contributed by atoms with Crippen molar-refractivity contribution in [3.8, 4) is 0 Å². The minimum absolute atomic E-state index is 0.0664. The SMILES string of the molecule is CCN(CC(=O)N(C)C)C(=O)Cc1cccc(N)c1. The molecule has 2 amide bonds. The standard InChI is InChI=1S/C14H21N3O2/c1-4-17(10-14(19)16(2)3)13(18)9-11-6-5-7-12(15)8-11/h5-8H,4,9-10,15H2,1-3H3. The summed E-state index contributed by atoms with van der Waals surface area (Å²) in [6.45, 7) is 2.49. The lowest BCUT2D eigenvalue weighted by molar-refractivity contribution is -0.138. The molecular weight excluding hydrogens is 242 g/mol. The van der Waals surface area contributed by atoms with E-state index in [9.17, 15) is 9.59 Å². The number of hydrogen-bond donors (Lipinski definition) is 1. The van der Waals surface area contributed by atoms with E-state index in [1.54, 1.807) is 31.1 Å². The van der Waals surface area contributed by atoms with Gasteiger partial charge in [0.15, 0.2) is 0 Å². The van der Waals surface area contributed by atoms with E-state index in [0.717, 1.165) is 5.56 Å². The molecule has 0 aliphatic rings. The molecule has 2 N–H and O–H groups in total. The van der Waals surface area contributed by atoms with E-state index in [4.69, 9.17) is 5.73 Å². The van der Waals surface area contributed by atoms with Crippen LogP contribution in [0.1, 0.15) is 12.5 Å². The van der Waals surface area contributed by atoms with Crippen molar-refractivity contribution in [3.05, 3.63) is 29.8 Å². The zero-order valence-corrected chi connectivity index (χ0v) is 11.7. The molecule has 0 aliphatic carbocycles. The molecule has 1 aromatic carbocycles. The van der Waals surface area contributed by atoms with Crippen LogP contribution in [0.5, 0.6) is 0 Å². The number of nitrogen functional groups attached to an aromatic ring is 1. The third kappa shape index (κ3) is 4.62. The maximum atomic E-state index is 12.1. The zero-order chi connectivity index (χ0) is 14.4. The topological polar surface area (TPSA) is 66.6 Å².